The summed E-state index contributed by atoms with van der Waals surface area (Å²) in [5.74, 6) is 0.0556. The molecule has 7 heteroatoms. The van der Waals surface area contributed by atoms with Crippen molar-refractivity contribution in [3.05, 3.63) is 54.1 Å². The van der Waals surface area contributed by atoms with Crippen LogP contribution in [0.25, 0.3) is 27.7 Å². The van der Waals surface area contributed by atoms with Gasteiger partial charge in [-0.2, -0.15) is 5.10 Å². The van der Waals surface area contributed by atoms with Gasteiger partial charge in [0.15, 0.2) is 0 Å². The Morgan fingerprint density at radius 2 is 2.04 bits per heavy atom. The minimum Gasteiger partial charge on any atom is -0.390 e. The highest BCUT2D eigenvalue weighted by Gasteiger charge is 2.22. The van der Waals surface area contributed by atoms with E-state index in [1.165, 1.54) is 6.42 Å². The zero-order valence-electron chi connectivity index (χ0n) is 15.4. The first-order valence-corrected chi connectivity index (χ1v) is 9.59. The molecule has 1 fully saturated rings. The molecule has 1 saturated heterocycles. The Bertz CT molecular complexity index is 1170. The molecular formula is C21H21N5O2. The number of carbonyl (C=O) groups excluding carboxylic acids is 1. The Labute approximate surface area is 161 Å². The first-order valence-electron chi connectivity index (χ1n) is 9.59. The topological polar surface area (TPSA) is 86.5 Å². The fourth-order valence-corrected chi connectivity index (χ4v) is 3.95. The van der Waals surface area contributed by atoms with E-state index in [0.717, 1.165) is 53.6 Å². The molecule has 0 radical (unpaired) electrons. The van der Waals surface area contributed by atoms with Crippen LogP contribution in [-0.4, -0.2) is 48.6 Å². The van der Waals surface area contributed by atoms with E-state index in [-0.39, 0.29) is 12.5 Å². The molecule has 0 spiro atoms. The standard InChI is InChI=1S/C21H21N5O2/c27-13-15-4-5-16-17(11-22-20(16)24-15)14-6-9-26-19(10-14)18(12-23-26)21(28)25-7-2-1-3-8-25/h4-6,9-12,27H,1-3,7-8,13H2,(H,22,24). The Hall–Kier alpha value is -3.19. The molecule has 1 aliphatic heterocycles. The van der Waals surface area contributed by atoms with E-state index in [9.17, 15) is 9.90 Å². The molecule has 0 aromatic carbocycles. The third-order valence-electron chi connectivity index (χ3n) is 5.46. The first-order chi connectivity index (χ1) is 13.7. The highest BCUT2D eigenvalue weighted by molar-refractivity contribution is 6.02. The van der Waals surface area contributed by atoms with Crippen LogP contribution in [0.4, 0.5) is 0 Å². The van der Waals surface area contributed by atoms with E-state index >= 15 is 0 Å². The Kier molecular flexibility index (Phi) is 4.09. The van der Waals surface area contributed by atoms with Crippen LogP contribution >= 0.6 is 0 Å². The molecule has 0 bridgehead atoms. The van der Waals surface area contributed by atoms with Crippen LogP contribution in [0.3, 0.4) is 0 Å². The summed E-state index contributed by atoms with van der Waals surface area (Å²) in [4.78, 5) is 22.5. The quantitative estimate of drug-likeness (QED) is 0.576. The third-order valence-corrected chi connectivity index (χ3v) is 5.46. The summed E-state index contributed by atoms with van der Waals surface area (Å²) in [5.41, 5.74) is 4.81. The van der Waals surface area contributed by atoms with Crippen LogP contribution in [0, 0.1) is 0 Å². The number of amides is 1. The second kappa shape index (κ2) is 6.76. The monoisotopic (exact) mass is 375 g/mol. The van der Waals surface area contributed by atoms with Crippen molar-refractivity contribution < 1.29 is 9.90 Å². The second-order valence-corrected chi connectivity index (χ2v) is 7.22. The number of fused-ring (bicyclic) bond motifs is 2. The van der Waals surface area contributed by atoms with E-state index in [1.54, 1.807) is 10.7 Å². The maximum Gasteiger partial charge on any atom is 0.257 e. The molecule has 0 unspecified atom stereocenters. The Balaban J connectivity index is 1.57. The summed E-state index contributed by atoms with van der Waals surface area (Å²) >= 11 is 0. The average Bonchev–Trinajstić information content (AvgIpc) is 3.37. The molecule has 142 valence electrons. The molecule has 5 rings (SSSR count). The van der Waals surface area contributed by atoms with Gasteiger partial charge in [0.25, 0.3) is 5.91 Å². The molecule has 0 atom stereocenters. The van der Waals surface area contributed by atoms with Crippen molar-refractivity contribution >= 4 is 22.5 Å². The van der Waals surface area contributed by atoms with Crippen molar-refractivity contribution in [3.63, 3.8) is 0 Å². The normalized spacial score (nSPS) is 14.8. The SMILES string of the molecule is O=C(c1cnn2ccc(-c3c[nH]c4nc(CO)ccc34)cc12)N1CCCCC1. The second-order valence-electron chi connectivity index (χ2n) is 7.22. The number of aliphatic hydroxyl groups is 1. The van der Waals surface area contributed by atoms with Gasteiger partial charge >= 0.3 is 0 Å². The van der Waals surface area contributed by atoms with Gasteiger partial charge in [-0.05, 0) is 49.1 Å². The number of carbonyl (C=O) groups is 1. The van der Waals surface area contributed by atoms with Gasteiger partial charge in [0.05, 0.1) is 29.6 Å². The van der Waals surface area contributed by atoms with Crippen molar-refractivity contribution in [2.24, 2.45) is 0 Å². The zero-order valence-corrected chi connectivity index (χ0v) is 15.4. The lowest BCUT2D eigenvalue weighted by Crippen LogP contribution is -2.35. The molecule has 4 aromatic rings. The van der Waals surface area contributed by atoms with Crippen molar-refractivity contribution in [1.82, 2.24) is 24.5 Å². The van der Waals surface area contributed by atoms with Gasteiger partial charge in [0, 0.05) is 36.4 Å². The van der Waals surface area contributed by atoms with Crippen molar-refractivity contribution in [1.29, 1.82) is 0 Å². The fourth-order valence-electron chi connectivity index (χ4n) is 3.95. The predicted octanol–water partition coefficient (Wildman–Crippen LogP) is 3.00. The molecule has 4 aromatic heterocycles. The molecule has 28 heavy (non-hydrogen) atoms. The van der Waals surface area contributed by atoms with E-state index < -0.39 is 0 Å². The summed E-state index contributed by atoms with van der Waals surface area (Å²) in [6.07, 6.45) is 8.78. The van der Waals surface area contributed by atoms with Crippen molar-refractivity contribution in [2.45, 2.75) is 25.9 Å². The molecule has 1 aliphatic rings. The smallest absolute Gasteiger partial charge is 0.257 e. The molecule has 5 heterocycles. The van der Waals surface area contributed by atoms with Crippen LogP contribution in [0.15, 0.2) is 42.9 Å². The number of hydrogen-bond donors (Lipinski definition) is 2. The first kappa shape index (κ1) is 16.9. The number of aromatic amines is 1. The van der Waals surface area contributed by atoms with Gasteiger partial charge < -0.3 is 15.0 Å². The van der Waals surface area contributed by atoms with Gasteiger partial charge in [-0.15, -0.1) is 0 Å². The number of likely N-dealkylation sites (tertiary alicyclic amines) is 1. The molecular weight excluding hydrogens is 354 g/mol. The number of nitrogens with zero attached hydrogens (tertiary/aromatic N) is 4. The van der Waals surface area contributed by atoms with Crippen LogP contribution in [0.1, 0.15) is 35.3 Å². The highest BCUT2D eigenvalue weighted by Crippen LogP contribution is 2.30. The van der Waals surface area contributed by atoms with Crippen LogP contribution in [-0.2, 0) is 6.61 Å². The number of piperidine rings is 1. The fraction of sp³-hybridized carbons (Fsp3) is 0.286. The summed E-state index contributed by atoms with van der Waals surface area (Å²) in [5, 5.41) is 14.6. The minimum atomic E-state index is -0.0892. The van der Waals surface area contributed by atoms with Gasteiger partial charge in [-0.1, -0.05) is 0 Å². The predicted molar refractivity (Wildman–Crippen MR) is 106 cm³/mol. The van der Waals surface area contributed by atoms with Gasteiger partial charge in [0.1, 0.15) is 5.65 Å². The third kappa shape index (κ3) is 2.75. The number of aromatic nitrogens is 4. The van der Waals surface area contributed by atoms with E-state index in [4.69, 9.17) is 0 Å². The molecule has 1 amide bonds. The lowest BCUT2D eigenvalue weighted by molar-refractivity contribution is 0.0726. The zero-order chi connectivity index (χ0) is 19.1. The van der Waals surface area contributed by atoms with Crippen molar-refractivity contribution in [2.75, 3.05) is 13.1 Å². The van der Waals surface area contributed by atoms with Gasteiger partial charge in [0.2, 0.25) is 0 Å². The van der Waals surface area contributed by atoms with Gasteiger partial charge in [-0.25, -0.2) is 9.50 Å². The Morgan fingerprint density at radius 3 is 2.86 bits per heavy atom. The van der Waals surface area contributed by atoms with E-state index in [2.05, 4.69) is 15.1 Å². The molecule has 2 N–H and O–H groups in total. The lowest BCUT2D eigenvalue weighted by Gasteiger charge is -2.26. The molecule has 0 saturated carbocycles. The van der Waals surface area contributed by atoms with E-state index in [0.29, 0.717) is 11.3 Å². The van der Waals surface area contributed by atoms with Crippen LogP contribution < -0.4 is 0 Å². The average molecular weight is 375 g/mol. The largest absolute Gasteiger partial charge is 0.390 e. The highest BCUT2D eigenvalue weighted by atomic mass is 16.3. The van der Waals surface area contributed by atoms with E-state index in [1.807, 2.05) is 41.6 Å². The number of aliphatic hydroxyl groups excluding tert-OH is 1. The maximum atomic E-state index is 13.0. The minimum absolute atomic E-state index is 0.0556. The summed E-state index contributed by atoms with van der Waals surface area (Å²) in [7, 11) is 0. The Morgan fingerprint density at radius 1 is 1.18 bits per heavy atom. The van der Waals surface area contributed by atoms with Crippen molar-refractivity contribution in [3.8, 4) is 11.1 Å². The van der Waals surface area contributed by atoms with Crippen LogP contribution in [0.5, 0.6) is 0 Å². The lowest BCUT2D eigenvalue weighted by atomic mass is 10.1. The molecule has 7 nitrogen and oxygen atoms in total. The number of nitrogens with one attached hydrogen (secondary N) is 1. The maximum absolute atomic E-state index is 13.0. The summed E-state index contributed by atoms with van der Waals surface area (Å²) in [6.45, 7) is 1.54. The number of H-pyrrole nitrogens is 1. The number of rotatable bonds is 3. The van der Waals surface area contributed by atoms with Gasteiger partial charge in [-0.3, -0.25) is 4.79 Å². The number of hydrogen-bond acceptors (Lipinski definition) is 4. The molecule has 0 aliphatic carbocycles. The summed E-state index contributed by atoms with van der Waals surface area (Å²) in [6, 6.07) is 7.77. The summed E-state index contributed by atoms with van der Waals surface area (Å²) < 4.78 is 1.75. The number of pyridine rings is 2. The van der Waals surface area contributed by atoms with Crippen LogP contribution in [0.2, 0.25) is 0 Å².